The number of hydrogen-bond donors (Lipinski definition) is 3. The Hall–Kier alpha value is -3.19. The van der Waals surface area contributed by atoms with Crippen molar-refractivity contribution >= 4 is 17.8 Å². The summed E-state index contributed by atoms with van der Waals surface area (Å²) in [5.41, 5.74) is 8.18. The summed E-state index contributed by atoms with van der Waals surface area (Å²) in [6, 6.07) is 14.3. The molecule has 0 fully saturated rings. The van der Waals surface area contributed by atoms with Gasteiger partial charge in [-0.15, -0.1) is 0 Å². The van der Waals surface area contributed by atoms with Crippen LogP contribution in [0, 0.1) is 0 Å². The van der Waals surface area contributed by atoms with Crippen molar-refractivity contribution in [2.75, 3.05) is 0 Å². The van der Waals surface area contributed by atoms with Crippen LogP contribution in [0.15, 0.2) is 53.5 Å². The lowest BCUT2D eigenvalue weighted by Gasteiger charge is -2.40. The monoisotopic (exact) mass is 490 g/mol. The summed E-state index contributed by atoms with van der Waals surface area (Å²) in [7, 11) is 0. The summed E-state index contributed by atoms with van der Waals surface area (Å²) < 4.78 is 0. The van der Waals surface area contributed by atoms with Crippen molar-refractivity contribution < 1.29 is 14.7 Å². The highest BCUT2D eigenvalue weighted by molar-refractivity contribution is 6.00. The third kappa shape index (κ3) is 4.76. The Balaban J connectivity index is 1.62. The summed E-state index contributed by atoms with van der Waals surface area (Å²) >= 11 is 0. The minimum absolute atomic E-state index is 0.0295. The van der Waals surface area contributed by atoms with Gasteiger partial charge in [-0.25, -0.2) is 4.99 Å². The number of nitrogens with two attached hydrogens (primary N) is 1. The van der Waals surface area contributed by atoms with Gasteiger partial charge in [0.1, 0.15) is 0 Å². The molecule has 36 heavy (non-hydrogen) atoms. The molecular formula is C29H38N4O3. The average Bonchev–Trinajstić information content (AvgIpc) is 3.12. The van der Waals surface area contributed by atoms with Gasteiger partial charge in [-0.1, -0.05) is 63.6 Å². The molecule has 192 valence electrons. The van der Waals surface area contributed by atoms with E-state index in [9.17, 15) is 14.7 Å². The van der Waals surface area contributed by atoms with Crippen LogP contribution in [0.3, 0.4) is 0 Å². The van der Waals surface area contributed by atoms with Crippen molar-refractivity contribution in [2.45, 2.75) is 89.4 Å². The zero-order valence-corrected chi connectivity index (χ0v) is 21.8. The summed E-state index contributed by atoms with van der Waals surface area (Å²) in [6.07, 6.45) is 3.87. The van der Waals surface area contributed by atoms with E-state index in [4.69, 9.17) is 10.7 Å². The third-order valence-corrected chi connectivity index (χ3v) is 7.88. The first kappa shape index (κ1) is 25.9. The fraction of sp³-hybridized carbons (Fsp3) is 0.483. The molecule has 4 N–H and O–H groups in total. The highest BCUT2D eigenvalue weighted by atomic mass is 16.3. The lowest BCUT2D eigenvalue weighted by molar-refractivity contribution is -0.131. The van der Waals surface area contributed by atoms with Gasteiger partial charge < -0.3 is 16.2 Å². The zero-order chi connectivity index (χ0) is 26.1. The van der Waals surface area contributed by atoms with Crippen molar-refractivity contribution in [1.29, 1.82) is 0 Å². The molecular weight excluding hydrogens is 452 g/mol. The number of aliphatic imine (C=N–C) groups is 1. The Morgan fingerprint density at radius 3 is 2.56 bits per heavy atom. The molecule has 2 aromatic rings. The molecule has 7 heteroatoms. The van der Waals surface area contributed by atoms with Crippen molar-refractivity contribution in [3.05, 3.63) is 70.8 Å². The molecule has 4 rings (SSSR count). The van der Waals surface area contributed by atoms with E-state index in [1.807, 2.05) is 56.3 Å². The van der Waals surface area contributed by atoms with E-state index in [1.54, 1.807) is 17.9 Å². The largest absolute Gasteiger partial charge is 0.387 e. The lowest BCUT2D eigenvalue weighted by Crippen LogP contribution is -2.52. The fourth-order valence-corrected chi connectivity index (χ4v) is 5.67. The van der Waals surface area contributed by atoms with Gasteiger partial charge in [-0.3, -0.25) is 14.5 Å². The van der Waals surface area contributed by atoms with Crippen molar-refractivity contribution in [3.8, 4) is 0 Å². The number of rotatable bonds is 8. The molecule has 1 heterocycles. The van der Waals surface area contributed by atoms with E-state index >= 15 is 0 Å². The van der Waals surface area contributed by atoms with Gasteiger partial charge in [0.15, 0.2) is 5.96 Å². The number of hydrogen-bond acceptors (Lipinski definition) is 5. The molecule has 3 unspecified atom stereocenters. The second-order valence-electron chi connectivity index (χ2n) is 10.4. The Bertz CT molecular complexity index is 1170. The van der Waals surface area contributed by atoms with Gasteiger partial charge >= 0.3 is 0 Å². The van der Waals surface area contributed by atoms with Crippen LogP contribution in [0.25, 0.3) is 0 Å². The number of aliphatic hydroxyl groups is 1. The Morgan fingerprint density at radius 2 is 1.89 bits per heavy atom. The van der Waals surface area contributed by atoms with E-state index in [2.05, 4.69) is 12.2 Å². The number of fused-ring (bicyclic) bond motifs is 1. The van der Waals surface area contributed by atoms with Crippen LogP contribution in [0.5, 0.6) is 0 Å². The van der Waals surface area contributed by atoms with Crippen molar-refractivity contribution in [3.63, 3.8) is 0 Å². The number of benzene rings is 2. The van der Waals surface area contributed by atoms with Crippen LogP contribution in [0.2, 0.25) is 0 Å². The molecule has 2 aliphatic rings. The zero-order valence-electron chi connectivity index (χ0n) is 21.8. The maximum absolute atomic E-state index is 13.3. The topological polar surface area (TPSA) is 108 Å². The number of carbonyl (C=O) groups is 2. The van der Waals surface area contributed by atoms with Crippen LogP contribution >= 0.6 is 0 Å². The van der Waals surface area contributed by atoms with Crippen LogP contribution in [0.1, 0.15) is 98.9 Å². The molecule has 0 bridgehead atoms. The smallest absolute Gasteiger partial charge is 0.251 e. The summed E-state index contributed by atoms with van der Waals surface area (Å²) in [5, 5.41) is 14.1. The van der Waals surface area contributed by atoms with Gasteiger partial charge in [0, 0.05) is 12.0 Å². The molecule has 2 aromatic carbocycles. The van der Waals surface area contributed by atoms with E-state index in [1.165, 1.54) is 0 Å². The maximum atomic E-state index is 13.3. The molecule has 0 aromatic heterocycles. The minimum Gasteiger partial charge on any atom is -0.387 e. The number of guanidine groups is 1. The van der Waals surface area contributed by atoms with E-state index < -0.39 is 17.2 Å². The van der Waals surface area contributed by atoms with Gasteiger partial charge in [0.05, 0.1) is 29.6 Å². The first-order chi connectivity index (χ1) is 17.1. The van der Waals surface area contributed by atoms with Crippen LogP contribution < -0.4 is 11.1 Å². The van der Waals surface area contributed by atoms with E-state index in [-0.39, 0.29) is 23.8 Å². The summed E-state index contributed by atoms with van der Waals surface area (Å²) in [4.78, 5) is 33.1. The summed E-state index contributed by atoms with van der Waals surface area (Å²) in [6.45, 7) is 7.89. The van der Waals surface area contributed by atoms with Gasteiger partial charge in [0.25, 0.3) is 5.91 Å². The van der Waals surface area contributed by atoms with E-state index in [0.29, 0.717) is 24.8 Å². The second-order valence-corrected chi connectivity index (χ2v) is 10.4. The highest BCUT2D eigenvalue weighted by Crippen LogP contribution is 2.39. The second kappa shape index (κ2) is 10.1. The van der Waals surface area contributed by atoms with Crippen LogP contribution in [-0.4, -0.2) is 38.9 Å². The molecule has 0 saturated carbocycles. The molecule has 7 nitrogen and oxygen atoms in total. The molecule has 0 saturated heterocycles. The standard InChI is InChI=1S/C29H38N4O3/c1-5-11-23(33-24(34)18-29(6-2,7-3)32-27(33)30)19-13-10-14-20(16-19)26(35)31-25-22-15-9-8-12-21(22)17-28(25,4)36/h8-10,12-16,23,25,36H,5-7,11,17-18H2,1-4H3,(H2,30,32)(H,31,35). The third-order valence-electron chi connectivity index (χ3n) is 7.88. The van der Waals surface area contributed by atoms with Crippen LogP contribution in [0.4, 0.5) is 0 Å². The number of amides is 2. The van der Waals surface area contributed by atoms with Gasteiger partial charge in [-0.05, 0) is 55.0 Å². The van der Waals surface area contributed by atoms with Crippen LogP contribution in [-0.2, 0) is 11.2 Å². The van der Waals surface area contributed by atoms with Crippen molar-refractivity contribution in [2.24, 2.45) is 10.7 Å². The molecule has 2 amide bonds. The molecule has 0 radical (unpaired) electrons. The number of nitrogens with zero attached hydrogens (tertiary/aromatic N) is 2. The molecule has 1 aliphatic carbocycles. The minimum atomic E-state index is -1.07. The molecule has 0 spiro atoms. The molecule has 3 atom stereocenters. The lowest BCUT2D eigenvalue weighted by atomic mass is 9.87. The SMILES string of the molecule is CCCC(c1cccc(C(=O)NC2c3ccccc3CC2(C)O)c1)N1C(=O)CC(CC)(CC)N=C1N. The normalized spacial score (nSPS) is 23.7. The van der Waals surface area contributed by atoms with Gasteiger partial charge in [-0.2, -0.15) is 0 Å². The predicted octanol–water partition coefficient (Wildman–Crippen LogP) is 4.41. The first-order valence-corrected chi connectivity index (χ1v) is 13.0. The van der Waals surface area contributed by atoms with Crippen molar-refractivity contribution in [1.82, 2.24) is 10.2 Å². The Kier molecular flexibility index (Phi) is 7.23. The predicted molar refractivity (Wildman–Crippen MR) is 141 cm³/mol. The Labute approximate surface area is 213 Å². The number of nitrogens with one attached hydrogen (secondary N) is 1. The van der Waals surface area contributed by atoms with Gasteiger partial charge in [0.2, 0.25) is 5.91 Å². The van der Waals surface area contributed by atoms with E-state index in [0.717, 1.165) is 36.0 Å². The highest BCUT2D eigenvalue weighted by Gasteiger charge is 2.42. The summed E-state index contributed by atoms with van der Waals surface area (Å²) in [5.74, 6) is -0.0448. The number of carbonyl (C=O) groups excluding carboxylic acids is 2. The molecule has 1 aliphatic heterocycles. The quantitative estimate of drug-likeness (QED) is 0.509. The average molecular weight is 491 g/mol. The Morgan fingerprint density at radius 1 is 1.17 bits per heavy atom. The maximum Gasteiger partial charge on any atom is 0.251 e. The first-order valence-electron chi connectivity index (χ1n) is 13.0. The fourth-order valence-electron chi connectivity index (χ4n) is 5.67.